The van der Waals surface area contributed by atoms with Crippen LogP contribution in [0.1, 0.15) is 43.2 Å². The van der Waals surface area contributed by atoms with Crippen LogP contribution in [0.15, 0.2) is 18.2 Å². The number of nitrogens with one attached hydrogen (secondary N) is 1. The molecule has 0 spiro atoms. The van der Waals surface area contributed by atoms with Gasteiger partial charge in [0, 0.05) is 25.8 Å². The molecule has 140 valence electrons. The van der Waals surface area contributed by atoms with Crippen LogP contribution >= 0.6 is 0 Å². The first-order valence-corrected chi connectivity index (χ1v) is 10.2. The van der Waals surface area contributed by atoms with Gasteiger partial charge in [-0.1, -0.05) is 37.5 Å². The van der Waals surface area contributed by atoms with Gasteiger partial charge < -0.3 is 5.32 Å². The molecule has 0 saturated heterocycles. The van der Waals surface area contributed by atoms with E-state index >= 15 is 0 Å². The van der Waals surface area contributed by atoms with Crippen molar-refractivity contribution in [2.75, 3.05) is 26.0 Å². The highest BCUT2D eigenvalue weighted by atomic mass is 32.2. The maximum absolute atomic E-state index is 12.7. The topological polar surface area (TPSA) is 69.7 Å². The molecule has 6 nitrogen and oxygen atoms in total. The van der Waals surface area contributed by atoms with Gasteiger partial charge in [-0.05, 0) is 37.8 Å². The van der Waals surface area contributed by atoms with Crippen molar-refractivity contribution in [3.8, 4) is 0 Å². The molecule has 0 heterocycles. The van der Waals surface area contributed by atoms with Crippen LogP contribution in [-0.2, 0) is 15.0 Å². The number of aryl methyl sites for hydroxylation is 2. The number of para-hydroxylation sites is 1. The highest BCUT2D eigenvalue weighted by Crippen LogP contribution is 2.24. The van der Waals surface area contributed by atoms with Crippen molar-refractivity contribution in [3.63, 3.8) is 0 Å². The Kier molecular flexibility index (Phi) is 6.59. The first-order valence-electron chi connectivity index (χ1n) is 8.79. The zero-order valence-corrected chi connectivity index (χ0v) is 16.4. The highest BCUT2D eigenvalue weighted by molar-refractivity contribution is 7.86. The van der Waals surface area contributed by atoms with Crippen molar-refractivity contribution in [1.29, 1.82) is 0 Å². The third-order valence-electron chi connectivity index (χ3n) is 4.96. The standard InChI is InChI=1S/C18H29N3O3S/c1-14-9-8-10-15(2)18(14)19-17(22)13-20(3)25(23,24)21(4)16-11-6-5-7-12-16/h8-10,16H,5-7,11-13H2,1-4H3,(H,19,22). The Morgan fingerprint density at radius 3 is 2.24 bits per heavy atom. The summed E-state index contributed by atoms with van der Waals surface area (Å²) in [6.45, 7) is 3.63. The fraction of sp³-hybridized carbons (Fsp3) is 0.611. The molecule has 1 N–H and O–H groups in total. The number of carbonyl (C=O) groups is 1. The van der Waals surface area contributed by atoms with E-state index in [1.807, 2.05) is 32.0 Å². The van der Waals surface area contributed by atoms with Gasteiger partial charge in [0.1, 0.15) is 0 Å². The Labute approximate surface area is 151 Å². The van der Waals surface area contributed by atoms with E-state index in [1.54, 1.807) is 7.05 Å². The molecule has 0 bridgehead atoms. The number of carbonyl (C=O) groups excluding carboxylic acids is 1. The van der Waals surface area contributed by atoms with Crippen LogP contribution in [0.3, 0.4) is 0 Å². The third kappa shape index (κ3) is 4.80. The molecule has 1 saturated carbocycles. The molecule has 1 amide bonds. The molecule has 0 atom stereocenters. The normalized spacial score (nSPS) is 16.4. The molecule has 1 aromatic carbocycles. The van der Waals surface area contributed by atoms with Crippen LogP contribution in [0.2, 0.25) is 0 Å². The van der Waals surface area contributed by atoms with Gasteiger partial charge in [0.25, 0.3) is 10.2 Å². The first kappa shape index (κ1) is 19.9. The van der Waals surface area contributed by atoms with E-state index in [1.165, 1.54) is 17.8 Å². The predicted octanol–water partition coefficient (Wildman–Crippen LogP) is 2.68. The monoisotopic (exact) mass is 367 g/mol. The van der Waals surface area contributed by atoms with Crippen LogP contribution in [0.4, 0.5) is 5.69 Å². The molecule has 25 heavy (non-hydrogen) atoms. The molecule has 0 aromatic heterocycles. The number of hydrogen-bond donors (Lipinski definition) is 1. The molecule has 0 unspecified atom stereocenters. The number of rotatable bonds is 6. The van der Waals surface area contributed by atoms with Gasteiger partial charge in [-0.15, -0.1) is 0 Å². The Balaban J connectivity index is 2.02. The van der Waals surface area contributed by atoms with Crippen LogP contribution in [-0.4, -0.2) is 49.6 Å². The summed E-state index contributed by atoms with van der Waals surface area (Å²) in [7, 11) is -0.567. The minimum absolute atomic E-state index is 0.0304. The fourth-order valence-corrected chi connectivity index (χ4v) is 4.63. The van der Waals surface area contributed by atoms with E-state index in [-0.39, 0.29) is 18.5 Å². The summed E-state index contributed by atoms with van der Waals surface area (Å²) in [6.07, 6.45) is 5.05. The third-order valence-corrected chi connectivity index (χ3v) is 6.90. The Hall–Kier alpha value is -1.44. The number of likely N-dealkylation sites (N-methyl/N-ethyl adjacent to an activating group) is 1. The summed E-state index contributed by atoms with van der Waals surface area (Å²) in [5.74, 6) is -0.333. The van der Waals surface area contributed by atoms with Gasteiger partial charge in [0.05, 0.1) is 6.54 Å². The van der Waals surface area contributed by atoms with Crippen molar-refractivity contribution in [2.45, 2.75) is 52.0 Å². The van der Waals surface area contributed by atoms with Crippen LogP contribution < -0.4 is 5.32 Å². The van der Waals surface area contributed by atoms with Gasteiger partial charge in [-0.3, -0.25) is 4.79 Å². The SMILES string of the molecule is Cc1cccc(C)c1NC(=O)CN(C)S(=O)(=O)N(C)C1CCCCC1. The average Bonchev–Trinajstić information content (AvgIpc) is 2.58. The molecule has 1 fully saturated rings. The molecule has 1 aliphatic rings. The van der Waals surface area contributed by atoms with E-state index in [0.717, 1.165) is 46.8 Å². The number of hydrogen-bond acceptors (Lipinski definition) is 3. The zero-order valence-electron chi connectivity index (χ0n) is 15.6. The number of anilines is 1. The van der Waals surface area contributed by atoms with E-state index in [4.69, 9.17) is 0 Å². The smallest absolute Gasteiger partial charge is 0.282 e. The van der Waals surface area contributed by atoms with Crippen molar-refractivity contribution in [2.24, 2.45) is 0 Å². The van der Waals surface area contributed by atoms with Gasteiger partial charge in [-0.25, -0.2) is 0 Å². The highest BCUT2D eigenvalue weighted by Gasteiger charge is 2.31. The minimum atomic E-state index is -3.64. The maximum atomic E-state index is 12.7. The molecule has 0 radical (unpaired) electrons. The number of benzene rings is 1. The molecular weight excluding hydrogens is 338 g/mol. The van der Waals surface area contributed by atoms with E-state index < -0.39 is 10.2 Å². The Morgan fingerprint density at radius 1 is 1.12 bits per heavy atom. The lowest BCUT2D eigenvalue weighted by Gasteiger charge is -2.33. The number of nitrogens with zero attached hydrogens (tertiary/aromatic N) is 2. The van der Waals surface area contributed by atoms with Crippen molar-refractivity contribution >= 4 is 21.8 Å². The van der Waals surface area contributed by atoms with E-state index in [2.05, 4.69) is 5.32 Å². The average molecular weight is 368 g/mol. The molecular formula is C18H29N3O3S. The molecule has 7 heteroatoms. The minimum Gasteiger partial charge on any atom is -0.324 e. The van der Waals surface area contributed by atoms with Gasteiger partial charge >= 0.3 is 0 Å². The quantitative estimate of drug-likeness (QED) is 0.840. The summed E-state index contributed by atoms with van der Waals surface area (Å²) in [6, 6.07) is 5.79. The van der Waals surface area contributed by atoms with Crippen molar-refractivity contribution in [1.82, 2.24) is 8.61 Å². The van der Waals surface area contributed by atoms with E-state index in [0.29, 0.717) is 0 Å². The first-order chi connectivity index (χ1) is 11.7. The molecule has 1 aromatic rings. The molecule has 2 rings (SSSR count). The van der Waals surface area contributed by atoms with Crippen LogP contribution in [0.5, 0.6) is 0 Å². The summed E-state index contributed by atoms with van der Waals surface area (Å²) in [5.41, 5.74) is 2.66. The van der Waals surface area contributed by atoms with Crippen LogP contribution in [0, 0.1) is 13.8 Å². The molecule has 1 aliphatic carbocycles. The summed E-state index contributed by atoms with van der Waals surface area (Å²) >= 11 is 0. The lowest BCUT2D eigenvalue weighted by Crippen LogP contribution is -2.47. The largest absolute Gasteiger partial charge is 0.324 e. The Morgan fingerprint density at radius 2 is 1.68 bits per heavy atom. The second-order valence-corrected chi connectivity index (χ2v) is 8.98. The summed E-state index contributed by atoms with van der Waals surface area (Å²) in [5, 5.41) is 2.84. The van der Waals surface area contributed by atoms with Crippen LogP contribution in [0.25, 0.3) is 0 Å². The lowest BCUT2D eigenvalue weighted by atomic mass is 9.96. The lowest BCUT2D eigenvalue weighted by molar-refractivity contribution is -0.116. The fourth-order valence-electron chi connectivity index (χ4n) is 3.33. The van der Waals surface area contributed by atoms with E-state index in [9.17, 15) is 13.2 Å². The summed E-state index contributed by atoms with van der Waals surface area (Å²) < 4.78 is 28.0. The Bertz CT molecular complexity index is 692. The summed E-state index contributed by atoms with van der Waals surface area (Å²) in [4.78, 5) is 12.3. The second kappa shape index (κ2) is 8.29. The van der Waals surface area contributed by atoms with Crippen molar-refractivity contribution in [3.05, 3.63) is 29.3 Å². The zero-order chi connectivity index (χ0) is 18.6. The van der Waals surface area contributed by atoms with Gasteiger partial charge in [-0.2, -0.15) is 17.0 Å². The van der Waals surface area contributed by atoms with Gasteiger partial charge in [0.15, 0.2) is 0 Å². The number of amides is 1. The van der Waals surface area contributed by atoms with Crippen molar-refractivity contribution < 1.29 is 13.2 Å². The van der Waals surface area contributed by atoms with Gasteiger partial charge in [0.2, 0.25) is 5.91 Å². The molecule has 0 aliphatic heterocycles. The predicted molar refractivity (Wildman–Crippen MR) is 101 cm³/mol. The second-order valence-electron chi connectivity index (χ2n) is 6.89. The maximum Gasteiger partial charge on any atom is 0.282 e.